The molecule has 1 N–H and O–H groups in total. The second kappa shape index (κ2) is 6.19. The third-order valence-corrected chi connectivity index (χ3v) is 3.76. The summed E-state index contributed by atoms with van der Waals surface area (Å²) >= 11 is 0. The Morgan fingerprint density at radius 3 is 2.20 bits per heavy atom. The van der Waals surface area contributed by atoms with Crippen molar-refractivity contribution < 1.29 is 4.39 Å². The van der Waals surface area contributed by atoms with Crippen molar-refractivity contribution in [3.63, 3.8) is 0 Å². The lowest BCUT2D eigenvalue weighted by Gasteiger charge is -2.22. The molecule has 0 saturated carbocycles. The number of benzene rings is 2. The molecule has 2 heteroatoms. The summed E-state index contributed by atoms with van der Waals surface area (Å²) < 4.78 is 13.8. The Labute approximate surface area is 120 Å². The summed E-state index contributed by atoms with van der Waals surface area (Å²) in [4.78, 5) is 0. The van der Waals surface area contributed by atoms with Crippen LogP contribution in [0, 0.1) is 19.7 Å². The minimum absolute atomic E-state index is 0.0214. The summed E-state index contributed by atoms with van der Waals surface area (Å²) in [5, 5.41) is 3.47. The van der Waals surface area contributed by atoms with Gasteiger partial charge in [0.1, 0.15) is 5.82 Å². The smallest absolute Gasteiger partial charge is 0.127 e. The number of halogens is 1. The number of rotatable bonds is 4. The molecule has 0 aliphatic carbocycles. The maximum atomic E-state index is 13.8. The Balaban J connectivity index is 2.15. The molecule has 0 aliphatic rings. The van der Waals surface area contributed by atoms with Crippen LogP contribution in [-0.2, 0) is 0 Å². The summed E-state index contributed by atoms with van der Waals surface area (Å²) in [5.41, 5.74) is 4.51. The zero-order valence-electron chi connectivity index (χ0n) is 12.6. The van der Waals surface area contributed by atoms with Gasteiger partial charge in [0.15, 0.2) is 0 Å². The summed E-state index contributed by atoms with van der Waals surface area (Å²) in [5.74, 6) is -0.152. The van der Waals surface area contributed by atoms with E-state index < -0.39 is 0 Å². The van der Waals surface area contributed by atoms with Crippen molar-refractivity contribution in [1.82, 2.24) is 5.32 Å². The second-order valence-corrected chi connectivity index (χ2v) is 5.49. The van der Waals surface area contributed by atoms with E-state index >= 15 is 0 Å². The van der Waals surface area contributed by atoms with Crippen LogP contribution in [0.2, 0.25) is 0 Å². The lowest BCUT2D eigenvalue weighted by molar-refractivity contribution is 0.473. The van der Waals surface area contributed by atoms with Gasteiger partial charge in [-0.1, -0.05) is 42.0 Å². The average Bonchev–Trinajstić information content (AvgIpc) is 2.38. The Morgan fingerprint density at radius 2 is 1.55 bits per heavy atom. The SMILES string of the molecule is Cc1ccc(C(C)NC(C)c2ccccc2F)c(C)c1. The van der Waals surface area contributed by atoms with Crippen LogP contribution in [0.4, 0.5) is 4.39 Å². The van der Waals surface area contributed by atoms with Gasteiger partial charge in [0.2, 0.25) is 0 Å². The molecule has 20 heavy (non-hydrogen) atoms. The highest BCUT2D eigenvalue weighted by Gasteiger charge is 2.15. The van der Waals surface area contributed by atoms with E-state index in [0.29, 0.717) is 5.56 Å². The van der Waals surface area contributed by atoms with Crippen molar-refractivity contribution in [2.75, 3.05) is 0 Å². The maximum Gasteiger partial charge on any atom is 0.127 e. The van der Waals surface area contributed by atoms with Crippen LogP contribution in [0.25, 0.3) is 0 Å². The van der Waals surface area contributed by atoms with Crippen molar-refractivity contribution in [3.05, 3.63) is 70.5 Å². The Bertz CT molecular complexity index is 592. The molecule has 0 aromatic heterocycles. The van der Waals surface area contributed by atoms with Crippen LogP contribution < -0.4 is 5.32 Å². The molecule has 0 spiro atoms. The van der Waals surface area contributed by atoms with Crippen LogP contribution in [0.15, 0.2) is 42.5 Å². The Hall–Kier alpha value is -1.67. The Kier molecular flexibility index (Phi) is 4.56. The lowest BCUT2D eigenvalue weighted by Crippen LogP contribution is -2.23. The topological polar surface area (TPSA) is 12.0 Å². The van der Waals surface area contributed by atoms with Gasteiger partial charge in [-0.2, -0.15) is 0 Å². The molecule has 1 nitrogen and oxygen atoms in total. The van der Waals surface area contributed by atoms with Gasteiger partial charge in [0.05, 0.1) is 0 Å². The third kappa shape index (κ3) is 3.26. The lowest BCUT2D eigenvalue weighted by atomic mass is 9.98. The summed E-state index contributed by atoms with van der Waals surface area (Å²) in [7, 11) is 0. The first kappa shape index (κ1) is 14.7. The molecular weight excluding hydrogens is 249 g/mol. The normalized spacial score (nSPS) is 14.1. The molecular formula is C18H22FN. The highest BCUT2D eigenvalue weighted by molar-refractivity contribution is 5.33. The first-order chi connectivity index (χ1) is 9.49. The first-order valence-corrected chi connectivity index (χ1v) is 7.06. The van der Waals surface area contributed by atoms with Crippen LogP contribution >= 0.6 is 0 Å². The summed E-state index contributed by atoms with van der Waals surface area (Å²) in [6, 6.07) is 13.6. The maximum absolute atomic E-state index is 13.8. The monoisotopic (exact) mass is 271 g/mol. The molecule has 0 radical (unpaired) electrons. The van der Waals surface area contributed by atoms with Crippen molar-refractivity contribution in [3.8, 4) is 0 Å². The number of hydrogen-bond acceptors (Lipinski definition) is 1. The molecule has 0 saturated heterocycles. The molecule has 2 rings (SSSR count). The standard InChI is InChI=1S/C18H22FN/c1-12-9-10-16(13(2)11-12)14(3)20-15(4)17-7-5-6-8-18(17)19/h5-11,14-15,20H,1-4H3. The van der Waals surface area contributed by atoms with Gasteiger partial charge in [-0.3, -0.25) is 0 Å². The van der Waals surface area contributed by atoms with Gasteiger partial charge >= 0.3 is 0 Å². The van der Waals surface area contributed by atoms with Crippen LogP contribution in [-0.4, -0.2) is 0 Å². The molecule has 106 valence electrons. The molecule has 0 heterocycles. The average molecular weight is 271 g/mol. The van der Waals surface area contributed by atoms with Gasteiger partial charge in [0, 0.05) is 17.6 Å². The van der Waals surface area contributed by atoms with E-state index in [1.54, 1.807) is 6.07 Å². The first-order valence-electron chi connectivity index (χ1n) is 7.06. The van der Waals surface area contributed by atoms with Crippen molar-refractivity contribution in [1.29, 1.82) is 0 Å². The minimum Gasteiger partial charge on any atom is -0.304 e. The molecule has 0 aliphatic heterocycles. The van der Waals surface area contributed by atoms with Crippen LogP contribution in [0.3, 0.4) is 0 Å². The zero-order chi connectivity index (χ0) is 14.7. The molecule has 2 aromatic rings. The fourth-order valence-electron chi connectivity index (χ4n) is 2.69. The molecule has 0 fully saturated rings. The van der Waals surface area contributed by atoms with Gasteiger partial charge in [-0.05, 0) is 44.9 Å². The predicted octanol–water partition coefficient (Wildman–Crippen LogP) is 4.85. The van der Waals surface area contributed by atoms with Crippen molar-refractivity contribution in [2.45, 2.75) is 39.8 Å². The second-order valence-electron chi connectivity index (χ2n) is 5.49. The quantitative estimate of drug-likeness (QED) is 0.837. The van der Waals surface area contributed by atoms with Gasteiger partial charge in [0.25, 0.3) is 0 Å². The summed E-state index contributed by atoms with van der Waals surface area (Å²) in [6.45, 7) is 8.33. The minimum atomic E-state index is -0.152. The third-order valence-electron chi connectivity index (χ3n) is 3.76. The fourth-order valence-corrected chi connectivity index (χ4v) is 2.69. The van der Waals surface area contributed by atoms with Gasteiger partial charge in [-0.15, -0.1) is 0 Å². The van der Waals surface area contributed by atoms with E-state index in [0.717, 1.165) is 0 Å². The molecule has 2 aromatic carbocycles. The largest absolute Gasteiger partial charge is 0.304 e. The number of hydrogen-bond donors (Lipinski definition) is 1. The number of aryl methyl sites for hydroxylation is 2. The van der Waals surface area contributed by atoms with E-state index in [2.05, 4.69) is 44.3 Å². The highest BCUT2D eigenvalue weighted by Crippen LogP contribution is 2.23. The summed E-state index contributed by atoms with van der Waals surface area (Å²) in [6.07, 6.45) is 0. The number of nitrogens with one attached hydrogen (secondary N) is 1. The van der Waals surface area contributed by atoms with Crippen molar-refractivity contribution >= 4 is 0 Å². The van der Waals surface area contributed by atoms with Gasteiger partial charge in [-0.25, -0.2) is 4.39 Å². The molecule has 2 atom stereocenters. The Morgan fingerprint density at radius 1 is 0.900 bits per heavy atom. The molecule has 0 bridgehead atoms. The van der Waals surface area contributed by atoms with Crippen LogP contribution in [0.1, 0.15) is 48.2 Å². The fraction of sp³-hybridized carbons (Fsp3) is 0.333. The van der Waals surface area contributed by atoms with Gasteiger partial charge < -0.3 is 5.32 Å². The molecule has 2 unspecified atom stereocenters. The van der Waals surface area contributed by atoms with E-state index in [1.165, 1.54) is 22.8 Å². The predicted molar refractivity (Wildman–Crippen MR) is 82.3 cm³/mol. The van der Waals surface area contributed by atoms with E-state index in [-0.39, 0.29) is 17.9 Å². The van der Waals surface area contributed by atoms with E-state index in [4.69, 9.17) is 0 Å². The van der Waals surface area contributed by atoms with Crippen LogP contribution in [0.5, 0.6) is 0 Å². The van der Waals surface area contributed by atoms with E-state index in [1.807, 2.05) is 19.1 Å². The zero-order valence-corrected chi connectivity index (χ0v) is 12.6. The highest BCUT2D eigenvalue weighted by atomic mass is 19.1. The molecule has 0 amide bonds. The van der Waals surface area contributed by atoms with Crippen molar-refractivity contribution in [2.24, 2.45) is 0 Å². The van der Waals surface area contributed by atoms with E-state index in [9.17, 15) is 4.39 Å².